The van der Waals surface area contributed by atoms with E-state index in [1.807, 2.05) is 0 Å². The van der Waals surface area contributed by atoms with Crippen LogP contribution >= 0.6 is 0 Å². The van der Waals surface area contributed by atoms with Crippen molar-refractivity contribution in [2.75, 3.05) is 13.2 Å². The highest BCUT2D eigenvalue weighted by atomic mass is 16.6. The molecule has 0 N–H and O–H groups in total. The predicted molar refractivity (Wildman–Crippen MR) is 353 cm³/mol. The second kappa shape index (κ2) is 68.8. The number of unbranched alkanes of at least 4 members (excludes halogenated alkanes) is 36. The molecule has 6 heteroatoms. The highest BCUT2D eigenvalue weighted by molar-refractivity contribution is 5.71. The van der Waals surface area contributed by atoms with Gasteiger partial charge in [-0.15, -0.1) is 0 Å². The molecule has 0 bridgehead atoms. The Bertz CT molecular complexity index is 1580. The Balaban J connectivity index is 4.19. The topological polar surface area (TPSA) is 78.9 Å². The van der Waals surface area contributed by atoms with Crippen LogP contribution in [0.3, 0.4) is 0 Å². The van der Waals surface area contributed by atoms with E-state index < -0.39 is 6.10 Å². The van der Waals surface area contributed by atoms with Gasteiger partial charge in [-0.3, -0.25) is 14.4 Å². The lowest BCUT2D eigenvalue weighted by atomic mass is 10.0. The van der Waals surface area contributed by atoms with Gasteiger partial charge in [-0.25, -0.2) is 0 Å². The lowest BCUT2D eigenvalue weighted by Gasteiger charge is -2.18. The summed E-state index contributed by atoms with van der Waals surface area (Å²) in [6.07, 6.45) is 92.9. The maximum atomic E-state index is 12.9. The zero-order chi connectivity index (χ0) is 58.5. The van der Waals surface area contributed by atoms with E-state index in [2.05, 4.69) is 118 Å². The third-order valence-electron chi connectivity index (χ3n) is 15.1. The number of hydrogen-bond donors (Lipinski definition) is 0. The normalized spacial score (nSPS) is 12.7. The first-order valence-corrected chi connectivity index (χ1v) is 34.7. The van der Waals surface area contributed by atoms with Crippen molar-refractivity contribution in [3.63, 3.8) is 0 Å². The molecule has 0 aliphatic carbocycles. The lowest BCUT2D eigenvalue weighted by Crippen LogP contribution is -2.30. The van der Waals surface area contributed by atoms with Crippen molar-refractivity contribution in [3.05, 3.63) is 97.2 Å². The molecule has 0 aliphatic rings. The molecule has 81 heavy (non-hydrogen) atoms. The molecule has 466 valence electrons. The van der Waals surface area contributed by atoms with E-state index in [9.17, 15) is 14.4 Å². The molecule has 0 aromatic rings. The molecule has 0 rings (SSSR count). The minimum absolute atomic E-state index is 0.0777. The lowest BCUT2D eigenvalue weighted by molar-refractivity contribution is -0.167. The van der Waals surface area contributed by atoms with E-state index in [4.69, 9.17) is 14.2 Å². The zero-order valence-corrected chi connectivity index (χ0v) is 53.5. The molecule has 0 saturated carbocycles. The SMILES string of the molecule is CC/C=C\C/C=C\C/C=C\C/C=C\C/C=C\C/C=C\C/C=C\CCCCCCCCCCCCCC(=O)OCC(COC(=O)CCCCCCC/C=C\CCCC)OC(=O)CCCCCCCCCCCCCCCCCCCCC. The Morgan fingerprint density at radius 2 is 0.494 bits per heavy atom. The Hall–Kier alpha value is -3.67. The summed E-state index contributed by atoms with van der Waals surface area (Å²) in [4.78, 5) is 38.3. The van der Waals surface area contributed by atoms with Crippen LogP contribution in [0.25, 0.3) is 0 Å². The van der Waals surface area contributed by atoms with Gasteiger partial charge in [-0.2, -0.15) is 0 Å². The number of rotatable bonds is 63. The van der Waals surface area contributed by atoms with Crippen LogP contribution in [-0.4, -0.2) is 37.2 Å². The van der Waals surface area contributed by atoms with E-state index in [1.54, 1.807) is 0 Å². The highest BCUT2D eigenvalue weighted by Crippen LogP contribution is 2.17. The smallest absolute Gasteiger partial charge is 0.306 e. The van der Waals surface area contributed by atoms with Crippen molar-refractivity contribution < 1.29 is 28.6 Å². The second-order valence-corrected chi connectivity index (χ2v) is 23.1. The molecule has 0 saturated heterocycles. The molecule has 0 amide bonds. The molecule has 0 aromatic carbocycles. The molecule has 0 spiro atoms. The van der Waals surface area contributed by atoms with Crippen LogP contribution in [0, 0.1) is 0 Å². The third-order valence-corrected chi connectivity index (χ3v) is 15.1. The summed E-state index contributed by atoms with van der Waals surface area (Å²) in [5.74, 6) is -0.874. The van der Waals surface area contributed by atoms with Crippen LogP contribution in [0.15, 0.2) is 97.2 Å². The number of carbonyl (C=O) groups excluding carboxylic acids is 3. The Kier molecular flexibility index (Phi) is 65.7. The fraction of sp³-hybridized carbons (Fsp3) is 0.747. The van der Waals surface area contributed by atoms with Crippen LogP contribution in [0.5, 0.6) is 0 Å². The average molecular weight is 1130 g/mol. The Morgan fingerprint density at radius 3 is 0.802 bits per heavy atom. The van der Waals surface area contributed by atoms with Crippen LogP contribution in [-0.2, 0) is 28.6 Å². The summed E-state index contributed by atoms with van der Waals surface area (Å²) in [5, 5.41) is 0. The standard InChI is InChI=1S/C75H130O6/c1-4-7-10-13-16-19-22-24-26-28-30-31-32-33-34-35-36-37-38-39-40-41-42-43-45-46-48-50-53-56-59-62-65-68-74(77)80-71-72(70-79-73(76)67-64-61-58-55-52-21-18-15-12-9-6-3)81-75(78)69-66-63-60-57-54-51-49-47-44-29-27-25-23-20-17-14-11-8-5-2/h7,10,15-16,18-19,24,26,30-31,33-34,36-37,39-40,72H,4-6,8-9,11-14,17,20-23,25,27-29,32,35,38,41-71H2,1-3H3/b10-7-,18-15-,19-16-,26-24-,31-30-,34-33-,37-36-,40-39-. The number of esters is 3. The van der Waals surface area contributed by atoms with E-state index in [0.717, 1.165) is 109 Å². The van der Waals surface area contributed by atoms with Crippen molar-refractivity contribution in [1.82, 2.24) is 0 Å². The number of ether oxygens (including phenoxy) is 3. The van der Waals surface area contributed by atoms with Gasteiger partial charge < -0.3 is 14.2 Å². The fourth-order valence-corrected chi connectivity index (χ4v) is 9.88. The molecular formula is C75H130O6. The van der Waals surface area contributed by atoms with Crippen molar-refractivity contribution >= 4 is 17.9 Å². The number of carbonyl (C=O) groups is 3. The first kappa shape index (κ1) is 77.3. The van der Waals surface area contributed by atoms with Gasteiger partial charge >= 0.3 is 17.9 Å². The molecule has 6 nitrogen and oxygen atoms in total. The monoisotopic (exact) mass is 1130 g/mol. The number of allylic oxidation sites excluding steroid dienone is 16. The van der Waals surface area contributed by atoms with E-state index >= 15 is 0 Å². The summed E-state index contributed by atoms with van der Waals surface area (Å²) < 4.78 is 16.9. The molecule has 0 heterocycles. The molecule has 0 aromatic heterocycles. The van der Waals surface area contributed by atoms with Gasteiger partial charge in [0.2, 0.25) is 0 Å². The highest BCUT2D eigenvalue weighted by Gasteiger charge is 2.19. The average Bonchev–Trinajstić information content (AvgIpc) is 3.47. The van der Waals surface area contributed by atoms with Crippen molar-refractivity contribution in [2.24, 2.45) is 0 Å². The predicted octanol–water partition coefficient (Wildman–Crippen LogP) is 24.0. The van der Waals surface area contributed by atoms with Crippen molar-refractivity contribution in [3.8, 4) is 0 Å². The third kappa shape index (κ3) is 67.0. The quantitative estimate of drug-likeness (QED) is 0.0261. The molecule has 0 fully saturated rings. The van der Waals surface area contributed by atoms with Crippen LogP contribution in [0.1, 0.15) is 342 Å². The van der Waals surface area contributed by atoms with Gasteiger partial charge in [0, 0.05) is 19.3 Å². The largest absolute Gasteiger partial charge is 0.462 e. The first-order valence-electron chi connectivity index (χ1n) is 34.7. The minimum Gasteiger partial charge on any atom is -0.462 e. The fourth-order valence-electron chi connectivity index (χ4n) is 9.88. The van der Waals surface area contributed by atoms with E-state index in [-0.39, 0.29) is 31.1 Å². The number of hydrogen-bond acceptors (Lipinski definition) is 6. The van der Waals surface area contributed by atoms with Gasteiger partial charge in [0.05, 0.1) is 0 Å². The van der Waals surface area contributed by atoms with Gasteiger partial charge in [0.1, 0.15) is 13.2 Å². The first-order chi connectivity index (χ1) is 40.0. The Labute approximate surface area is 502 Å². The molecule has 1 atom stereocenters. The van der Waals surface area contributed by atoms with Gasteiger partial charge in [-0.05, 0) is 96.3 Å². The summed E-state index contributed by atoms with van der Waals surface area (Å²) in [5.41, 5.74) is 0. The molecular weight excluding hydrogens is 997 g/mol. The summed E-state index contributed by atoms with van der Waals surface area (Å²) in [7, 11) is 0. The van der Waals surface area contributed by atoms with E-state index in [1.165, 1.54) is 193 Å². The van der Waals surface area contributed by atoms with Crippen molar-refractivity contribution in [1.29, 1.82) is 0 Å². The Morgan fingerprint density at radius 1 is 0.259 bits per heavy atom. The van der Waals surface area contributed by atoms with Crippen LogP contribution in [0.2, 0.25) is 0 Å². The van der Waals surface area contributed by atoms with Gasteiger partial charge in [0.15, 0.2) is 6.10 Å². The van der Waals surface area contributed by atoms with Gasteiger partial charge in [0.25, 0.3) is 0 Å². The molecule has 0 aliphatic heterocycles. The van der Waals surface area contributed by atoms with Crippen LogP contribution in [0.4, 0.5) is 0 Å². The summed E-state index contributed by atoms with van der Waals surface area (Å²) >= 11 is 0. The van der Waals surface area contributed by atoms with Crippen molar-refractivity contribution in [2.45, 2.75) is 348 Å². The maximum Gasteiger partial charge on any atom is 0.306 e. The maximum absolute atomic E-state index is 12.9. The van der Waals surface area contributed by atoms with Gasteiger partial charge in [-0.1, -0.05) is 323 Å². The zero-order valence-electron chi connectivity index (χ0n) is 53.5. The van der Waals surface area contributed by atoms with Crippen LogP contribution < -0.4 is 0 Å². The second-order valence-electron chi connectivity index (χ2n) is 23.1. The van der Waals surface area contributed by atoms with E-state index in [0.29, 0.717) is 19.3 Å². The minimum atomic E-state index is -0.780. The molecule has 0 radical (unpaired) electrons. The molecule has 1 unspecified atom stereocenters. The summed E-state index contributed by atoms with van der Waals surface area (Å²) in [6, 6.07) is 0. The summed E-state index contributed by atoms with van der Waals surface area (Å²) in [6.45, 7) is 6.52.